The van der Waals surface area contributed by atoms with E-state index in [1.54, 1.807) is 19.1 Å². The van der Waals surface area contributed by atoms with Gasteiger partial charge in [0.15, 0.2) is 6.10 Å². The van der Waals surface area contributed by atoms with Gasteiger partial charge < -0.3 is 14.4 Å². The highest BCUT2D eigenvalue weighted by molar-refractivity contribution is 5.72. The van der Waals surface area contributed by atoms with Crippen molar-refractivity contribution in [3.63, 3.8) is 0 Å². The number of hydrogen-bond donors (Lipinski definition) is 1. The number of aryl methyl sites for hydroxylation is 1. The Labute approximate surface area is 119 Å². The van der Waals surface area contributed by atoms with Crippen molar-refractivity contribution in [3.8, 4) is 11.4 Å². The molecule has 2 heterocycles. The largest absolute Gasteiger partial charge is 0.479 e. The maximum Gasteiger partial charge on any atom is 0.332 e. The summed E-state index contributed by atoms with van der Waals surface area (Å²) in [6.07, 6.45) is -0.415. The number of ether oxygens (including phenoxy) is 1. The Bertz CT molecular complexity index is 685. The summed E-state index contributed by atoms with van der Waals surface area (Å²) < 4.78 is 23.7. The molecule has 1 aromatic heterocycles. The van der Waals surface area contributed by atoms with Crippen molar-refractivity contribution in [2.24, 2.45) is 0 Å². The topological polar surface area (TPSA) is 85.5 Å². The summed E-state index contributed by atoms with van der Waals surface area (Å²) in [6.45, 7) is 1.65. The molecule has 1 fully saturated rings. The molecule has 1 saturated heterocycles. The van der Waals surface area contributed by atoms with Gasteiger partial charge in [-0.2, -0.15) is 4.98 Å². The molecule has 2 aromatic rings. The Morgan fingerprint density at radius 1 is 1.43 bits per heavy atom. The molecule has 2 unspecified atom stereocenters. The van der Waals surface area contributed by atoms with Crippen LogP contribution in [0, 0.1) is 12.7 Å². The van der Waals surface area contributed by atoms with Crippen LogP contribution in [0.15, 0.2) is 22.7 Å². The van der Waals surface area contributed by atoms with E-state index in [2.05, 4.69) is 10.1 Å². The number of halogens is 1. The maximum absolute atomic E-state index is 13.2. The van der Waals surface area contributed by atoms with E-state index in [0.717, 1.165) is 0 Å². The molecule has 0 aliphatic carbocycles. The average molecular weight is 292 g/mol. The minimum absolute atomic E-state index is 0.246. The van der Waals surface area contributed by atoms with E-state index >= 15 is 0 Å². The molecular formula is C14H13FN2O4. The van der Waals surface area contributed by atoms with E-state index in [4.69, 9.17) is 14.4 Å². The zero-order valence-corrected chi connectivity index (χ0v) is 11.2. The first kappa shape index (κ1) is 13.7. The summed E-state index contributed by atoms with van der Waals surface area (Å²) in [6, 6.07) is 4.53. The van der Waals surface area contributed by atoms with Crippen LogP contribution >= 0.6 is 0 Å². The van der Waals surface area contributed by atoms with E-state index in [1.165, 1.54) is 6.07 Å². The van der Waals surface area contributed by atoms with E-state index in [1.807, 2.05) is 0 Å². The number of benzene rings is 1. The molecule has 1 aliphatic rings. The molecule has 0 radical (unpaired) electrons. The molecule has 6 nitrogen and oxygen atoms in total. The summed E-state index contributed by atoms with van der Waals surface area (Å²) >= 11 is 0. The minimum Gasteiger partial charge on any atom is -0.479 e. The van der Waals surface area contributed by atoms with Crippen molar-refractivity contribution < 1.29 is 23.6 Å². The minimum atomic E-state index is -0.994. The van der Waals surface area contributed by atoms with Gasteiger partial charge in [-0.1, -0.05) is 5.16 Å². The number of carboxylic acid groups (broad SMARTS) is 1. The van der Waals surface area contributed by atoms with Crippen molar-refractivity contribution in [2.75, 3.05) is 0 Å². The van der Waals surface area contributed by atoms with Crippen LogP contribution < -0.4 is 0 Å². The fourth-order valence-corrected chi connectivity index (χ4v) is 2.27. The van der Waals surface area contributed by atoms with Crippen molar-refractivity contribution in [1.82, 2.24) is 10.1 Å². The molecule has 1 aliphatic heterocycles. The highest BCUT2D eigenvalue weighted by Gasteiger charge is 2.34. The summed E-state index contributed by atoms with van der Waals surface area (Å²) in [5.74, 6) is -0.719. The molecule has 3 rings (SSSR count). The lowest BCUT2D eigenvalue weighted by atomic mass is 10.1. The van der Waals surface area contributed by atoms with Crippen molar-refractivity contribution in [3.05, 3.63) is 35.5 Å². The van der Waals surface area contributed by atoms with Crippen LogP contribution in [0.3, 0.4) is 0 Å². The standard InChI is InChI=1S/C14H13FN2O4/c1-7-6-8(2-3-9(7)15)12-16-13(21-17-12)10-4-5-11(20-10)14(18)19/h2-3,6,10-11H,4-5H2,1H3,(H,18,19). The lowest BCUT2D eigenvalue weighted by Gasteiger charge is -2.05. The zero-order chi connectivity index (χ0) is 15.0. The number of aromatic nitrogens is 2. The number of nitrogens with zero attached hydrogens (tertiary/aromatic N) is 2. The number of aliphatic carboxylic acids is 1. The average Bonchev–Trinajstić information content (AvgIpc) is 3.09. The zero-order valence-electron chi connectivity index (χ0n) is 11.2. The SMILES string of the molecule is Cc1cc(-c2noc(C3CCC(C(=O)O)O3)n2)ccc1F. The van der Waals surface area contributed by atoms with E-state index in [9.17, 15) is 9.18 Å². The molecular weight excluding hydrogens is 279 g/mol. The summed E-state index contributed by atoms with van der Waals surface area (Å²) in [5.41, 5.74) is 1.12. The monoisotopic (exact) mass is 292 g/mol. The van der Waals surface area contributed by atoms with Gasteiger partial charge in [0.25, 0.3) is 5.89 Å². The second-order valence-electron chi connectivity index (χ2n) is 4.95. The maximum atomic E-state index is 13.2. The fourth-order valence-electron chi connectivity index (χ4n) is 2.27. The van der Waals surface area contributed by atoms with E-state index in [0.29, 0.717) is 29.8 Å². The number of carboxylic acids is 1. The molecule has 0 saturated carbocycles. The quantitative estimate of drug-likeness (QED) is 0.935. The first-order valence-electron chi connectivity index (χ1n) is 6.53. The van der Waals surface area contributed by atoms with Gasteiger partial charge in [-0.25, -0.2) is 9.18 Å². The Balaban J connectivity index is 1.80. The lowest BCUT2D eigenvalue weighted by molar-refractivity contribution is -0.150. The van der Waals surface area contributed by atoms with Crippen molar-refractivity contribution in [1.29, 1.82) is 0 Å². The number of carbonyl (C=O) groups is 1. The van der Waals surface area contributed by atoms with Gasteiger partial charge in [-0.3, -0.25) is 0 Å². The van der Waals surface area contributed by atoms with Gasteiger partial charge in [0.05, 0.1) is 0 Å². The van der Waals surface area contributed by atoms with E-state index in [-0.39, 0.29) is 11.7 Å². The molecule has 21 heavy (non-hydrogen) atoms. The van der Waals surface area contributed by atoms with Gasteiger partial charge in [-0.15, -0.1) is 0 Å². The molecule has 7 heteroatoms. The van der Waals surface area contributed by atoms with Crippen LogP contribution in [0.25, 0.3) is 11.4 Å². The molecule has 1 aromatic carbocycles. The Morgan fingerprint density at radius 2 is 2.24 bits per heavy atom. The molecule has 2 atom stereocenters. The second-order valence-corrected chi connectivity index (χ2v) is 4.95. The third-order valence-electron chi connectivity index (χ3n) is 3.43. The van der Waals surface area contributed by atoms with Crippen LogP contribution in [-0.4, -0.2) is 27.3 Å². The highest BCUT2D eigenvalue weighted by Crippen LogP contribution is 2.32. The Morgan fingerprint density at radius 3 is 2.90 bits per heavy atom. The molecule has 0 amide bonds. The van der Waals surface area contributed by atoms with Crippen LogP contribution in [0.5, 0.6) is 0 Å². The van der Waals surface area contributed by atoms with E-state index < -0.39 is 18.2 Å². The Hall–Kier alpha value is -2.28. The highest BCUT2D eigenvalue weighted by atomic mass is 19.1. The third kappa shape index (κ3) is 2.64. The van der Waals surface area contributed by atoms with Gasteiger partial charge in [0, 0.05) is 5.56 Å². The van der Waals surface area contributed by atoms with Crippen LogP contribution in [0.4, 0.5) is 4.39 Å². The Kier molecular flexibility index (Phi) is 3.42. The number of hydrogen-bond acceptors (Lipinski definition) is 5. The van der Waals surface area contributed by atoms with Crippen LogP contribution in [-0.2, 0) is 9.53 Å². The first-order chi connectivity index (χ1) is 10.0. The predicted octanol–water partition coefficient (Wildman–Crippen LogP) is 2.49. The number of rotatable bonds is 3. The molecule has 1 N–H and O–H groups in total. The smallest absolute Gasteiger partial charge is 0.332 e. The molecule has 0 spiro atoms. The molecule has 0 bridgehead atoms. The summed E-state index contributed by atoms with van der Waals surface area (Å²) in [4.78, 5) is 15.1. The molecule has 110 valence electrons. The third-order valence-corrected chi connectivity index (χ3v) is 3.43. The van der Waals surface area contributed by atoms with Gasteiger partial charge >= 0.3 is 5.97 Å². The predicted molar refractivity (Wildman–Crippen MR) is 68.9 cm³/mol. The lowest BCUT2D eigenvalue weighted by Crippen LogP contribution is -2.18. The van der Waals surface area contributed by atoms with Crippen LogP contribution in [0.2, 0.25) is 0 Å². The van der Waals surface area contributed by atoms with Crippen molar-refractivity contribution in [2.45, 2.75) is 32.0 Å². The van der Waals surface area contributed by atoms with Gasteiger partial charge in [0.1, 0.15) is 11.9 Å². The first-order valence-corrected chi connectivity index (χ1v) is 6.53. The summed E-state index contributed by atoms with van der Waals surface area (Å²) in [7, 11) is 0. The van der Waals surface area contributed by atoms with Gasteiger partial charge in [-0.05, 0) is 43.5 Å². The van der Waals surface area contributed by atoms with Gasteiger partial charge in [0.2, 0.25) is 5.82 Å². The van der Waals surface area contributed by atoms with Crippen molar-refractivity contribution >= 4 is 5.97 Å². The summed E-state index contributed by atoms with van der Waals surface area (Å²) in [5, 5.41) is 12.7. The second kappa shape index (κ2) is 5.25. The van der Waals surface area contributed by atoms with Crippen LogP contribution in [0.1, 0.15) is 30.4 Å². The fraction of sp³-hybridized carbons (Fsp3) is 0.357. The normalized spacial score (nSPS) is 21.6.